The van der Waals surface area contributed by atoms with E-state index in [1.165, 1.54) is 11.1 Å². The number of nitrogens with zero attached hydrogens (tertiary/aromatic N) is 3. The molecule has 1 atom stereocenters. The number of rotatable bonds is 8. The van der Waals surface area contributed by atoms with Gasteiger partial charge in [-0.15, -0.1) is 12.4 Å². The highest BCUT2D eigenvalue weighted by molar-refractivity contribution is 5.97. The van der Waals surface area contributed by atoms with Crippen LogP contribution in [0.4, 0.5) is 5.69 Å². The third-order valence-electron chi connectivity index (χ3n) is 6.65. The summed E-state index contributed by atoms with van der Waals surface area (Å²) in [5.74, 6) is 2.14. The van der Waals surface area contributed by atoms with Gasteiger partial charge in [0.2, 0.25) is 5.91 Å². The molecule has 0 N–H and O–H groups in total. The fourth-order valence-corrected chi connectivity index (χ4v) is 4.87. The Balaban J connectivity index is 0.00000289. The summed E-state index contributed by atoms with van der Waals surface area (Å²) in [5.41, 5.74) is 5.57. The van der Waals surface area contributed by atoms with E-state index < -0.39 is 0 Å². The van der Waals surface area contributed by atoms with Crippen LogP contribution in [0, 0.1) is 6.92 Å². The molecule has 4 aromatic rings. The van der Waals surface area contributed by atoms with E-state index in [1.54, 1.807) is 0 Å². The molecule has 0 radical (unpaired) electrons. The number of carbonyl (C=O) groups is 1. The summed E-state index contributed by atoms with van der Waals surface area (Å²) in [6.45, 7) is 6.31. The number of amides is 1. The largest absolute Gasteiger partial charge is 0.494 e. The molecule has 0 spiro atoms. The van der Waals surface area contributed by atoms with E-state index in [1.807, 2.05) is 35.2 Å². The molecule has 1 fully saturated rings. The SMILES string of the molecule is CCc1ccccc1N1CC(c2nc3ccccc3n2CCCOc2ccc(C)cc2)CC1=O.Cl. The summed E-state index contributed by atoms with van der Waals surface area (Å²) in [4.78, 5) is 20.0. The predicted octanol–water partition coefficient (Wildman–Crippen LogP) is 6.32. The Hall–Kier alpha value is -3.31. The highest BCUT2D eigenvalue weighted by Gasteiger charge is 2.35. The van der Waals surface area contributed by atoms with Gasteiger partial charge in [0.05, 0.1) is 17.6 Å². The molecule has 5 nitrogen and oxygen atoms in total. The predicted molar refractivity (Wildman–Crippen MR) is 144 cm³/mol. The number of aryl methyl sites for hydroxylation is 3. The van der Waals surface area contributed by atoms with Crippen LogP contribution in [0.2, 0.25) is 0 Å². The first kappa shape index (κ1) is 24.8. The Labute approximate surface area is 213 Å². The third-order valence-corrected chi connectivity index (χ3v) is 6.65. The number of benzene rings is 3. The van der Waals surface area contributed by atoms with E-state index in [0.717, 1.165) is 47.7 Å². The van der Waals surface area contributed by atoms with Gasteiger partial charge in [0.15, 0.2) is 0 Å². The van der Waals surface area contributed by atoms with Crippen LogP contribution in [0.15, 0.2) is 72.8 Å². The van der Waals surface area contributed by atoms with Crippen molar-refractivity contribution in [2.75, 3.05) is 18.1 Å². The van der Waals surface area contributed by atoms with Crippen molar-refractivity contribution in [1.29, 1.82) is 0 Å². The monoisotopic (exact) mass is 489 g/mol. The number of para-hydroxylation sites is 3. The van der Waals surface area contributed by atoms with Gasteiger partial charge >= 0.3 is 0 Å². The Bertz CT molecular complexity index is 1300. The van der Waals surface area contributed by atoms with Crippen LogP contribution in [0.25, 0.3) is 11.0 Å². The molecule has 2 heterocycles. The fraction of sp³-hybridized carbons (Fsp3) is 0.310. The lowest BCUT2D eigenvalue weighted by Gasteiger charge is -2.20. The smallest absolute Gasteiger partial charge is 0.227 e. The molecule has 1 aliphatic rings. The summed E-state index contributed by atoms with van der Waals surface area (Å²) < 4.78 is 8.25. The van der Waals surface area contributed by atoms with Gasteiger partial charge in [0, 0.05) is 31.1 Å². The van der Waals surface area contributed by atoms with Crippen LogP contribution in [-0.2, 0) is 17.8 Å². The van der Waals surface area contributed by atoms with E-state index in [4.69, 9.17) is 9.72 Å². The Morgan fingerprint density at radius 1 is 1.00 bits per heavy atom. The van der Waals surface area contributed by atoms with Gasteiger partial charge in [-0.2, -0.15) is 0 Å². The standard InChI is InChI=1S/C29H31N3O2.ClH/c1-3-22-9-4-6-11-26(22)32-20-23(19-28(32)33)29-30-25-10-5-7-12-27(25)31(29)17-8-18-34-24-15-13-21(2)14-16-24;/h4-7,9-16,23H,3,8,17-20H2,1-2H3;1H. The second-order valence-corrected chi connectivity index (χ2v) is 9.01. The summed E-state index contributed by atoms with van der Waals surface area (Å²) in [5, 5.41) is 0. The van der Waals surface area contributed by atoms with Crippen molar-refractivity contribution in [2.24, 2.45) is 0 Å². The number of hydrogen-bond donors (Lipinski definition) is 0. The maximum Gasteiger partial charge on any atom is 0.227 e. The fourth-order valence-electron chi connectivity index (χ4n) is 4.87. The minimum atomic E-state index is 0. The molecule has 6 heteroatoms. The van der Waals surface area contributed by atoms with E-state index in [0.29, 0.717) is 19.6 Å². The van der Waals surface area contributed by atoms with Crippen LogP contribution in [-0.4, -0.2) is 28.6 Å². The van der Waals surface area contributed by atoms with E-state index in [9.17, 15) is 4.79 Å². The number of imidazole rings is 1. The molecule has 1 aromatic heterocycles. The number of carbonyl (C=O) groups excluding carboxylic acids is 1. The molecule has 1 amide bonds. The molecule has 3 aromatic carbocycles. The molecule has 35 heavy (non-hydrogen) atoms. The van der Waals surface area contributed by atoms with Crippen molar-refractivity contribution in [1.82, 2.24) is 9.55 Å². The first-order chi connectivity index (χ1) is 16.6. The Morgan fingerprint density at radius 3 is 2.54 bits per heavy atom. The zero-order chi connectivity index (χ0) is 23.5. The summed E-state index contributed by atoms with van der Waals surface area (Å²) >= 11 is 0. The van der Waals surface area contributed by atoms with E-state index in [2.05, 4.69) is 60.9 Å². The summed E-state index contributed by atoms with van der Waals surface area (Å²) in [6, 6.07) is 24.6. The lowest BCUT2D eigenvalue weighted by molar-refractivity contribution is -0.117. The zero-order valence-corrected chi connectivity index (χ0v) is 21.1. The first-order valence-electron chi connectivity index (χ1n) is 12.2. The molecular formula is C29H32ClN3O2. The maximum absolute atomic E-state index is 13.1. The number of anilines is 1. The van der Waals surface area contributed by atoms with Crippen molar-refractivity contribution in [3.8, 4) is 5.75 Å². The summed E-state index contributed by atoms with van der Waals surface area (Å²) in [7, 11) is 0. The van der Waals surface area contributed by atoms with Gasteiger partial charge in [-0.25, -0.2) is 4.98 Å². The van der Waals surface area contributed by atoms with Crippen molar-refractivity contribution >= 4 is 35.0 Å². The molecule has 182 valence electrons. The lowest BCUT2D eigenvalue weighted by atomic mass is 10.1. The average molecular weight is 490 g/mol. The quantitative estimate of drug-likeness (QED) is 0.272. The third kappa shape index (κ3) is 5.20. The molecular weight excluding hydrogens is 458 g/mol. The molecule has 1 unspecified atom stereocenters. The minimum Gasteiger partial charge on any atom is -0.494 e. The average Bonchev–Trinajstić information content (AvgIpc) is 3.43. The molecule has 0 bridgehead atoms. The zero-order valence-electron chi connectivity index (χ0n) is 20.3. The molecule has 0 saturated carbocycles. The van der Waals surface area contributed by atoms with Crippen LogP contribution >= 0.6 is 12.4 Å². The van der Waals surface area contributed by atoms with E-state index >= 15 is 0 Å². The van der Waals surface area contributed by atoms with E-state index in [-0.39, 0.29) is 24.2 Å². The molecule has 0 aliphatic carbocycles. The van der Waals surface area contributed by atoms with Crippen LogP contribution in [0.5, 0.6) is 5.75 Å². The lowest BCUT2D eigenvalue weighted by Crippen LogP contribution is -2.25. The molecule has 1 aliphatic heterocycles. The van der Waals surface area contributed by atoms with Gasteiger partial charge < -0.3 is 14.2 Å². The second kappa shape index (κ2) is 11.0. The Kier molecular flexibility index (Phi) is 7.76. The van der Waals surface area contributed by atoms with Crippen LogP contribution in [0.1, 0.15) is 42.6 Å². The van der Waals surface area contributed by atoms with Crippen molar-refractivity contribution in [3.05, 3.63) is 89.7 Å². The van der Waals surface area contributed by atoms with Crippen molar-refractivity contribution in [2.45, 2.75) is 45.6 Å². The number of aromatic nitrogens is 2. The highest BCUT2D eigenvalue weighted by Crippen LogP contribution is 2.34. The first-order valence-corrected chi connectivity index (χ1v) is 12.2. The number of halogens is 1. The molecule has 1 saturated heterocycles. The number of ether oxygens (including phenoxy) is 1. The number of fused-ring (bicyclic) bond motifs is 1. The minimum absolute atomic E-state index is 0. The van der Waals surface area contributed by atoms with Crippen LogP contribution in [0.3, 0.4) is 0 Å². The van der Waals surface area contributed by atoms with Crippen molar-refractivity contribution < 1.29 is 9.53 Å². The van der Waals surface area contributed by atoms with Gasteiger partial charge in [0.1, 0.15) is 11.6 Å². The molecule has 5 rings (SSSR count). The van der Waals surface area contributed by atoms with Crippen LogP contribution < -0.4 is 9.64 Å². The van der Waals surface area contributed by atoms with Gasteiger partial charge in [0.25, 0.3) is 0 Å². The second-order valence-electron chi connectivity index (χ2n) is 9.01. The van der Waals surface area contributed by atoms with Gasteiger partial charge in [-0.3, -0.25) is 4.79 Å². The Morgan fingerprint density at radius 2 is 1.74 bits per heavy atom. The topological polar surface area (TPSA) is 47.4 Å². The highest BCUT2D eigenvalue weighted by atomic mass is 35.5. The normalized spacial score (nSPS) is 15.4. The summed E-state index contributed by atoms with van der Waals surface area (Å²) in [6.07, 6.45) is 2.26. The van der Waals surface area contributed by atoms with Gasteiger partial charge in [-0.05, 0) is 55.7 Å². The van der Waals surface area contributed by atoms with Gasteiger partial charge in [-0.1, -0.05) is 55.0 Å². The maximum atomic E-state index is 13.1. The van der Waals surface area contributed by atoms with Crippen molar-refractivity contribution in [3.63, 3.8) is 0 Å². The number of hydrogen-bond acceptors (Lipinski definition) is 3.